The van der Waals surface area contributed by atoms with Crippen molar-refractivity contribution in [2.24, 2.45) is 0 Å². The van der Waals surface area contributed by atoms with Gasteiger partial charge in [-0.2, -0.15) is 0 Å². The highest BCUT2D eigenvalue weighted by atomic mass is 35.5. The fourth-order valence-corrected chi connectivity index (χ4v) is 5.63. The number of halogens is 3. The minimum absolute atomic E-state index is 0.00260. The summed E-state index contributed by atoms with van der Waals surface area (Å²) in [4.78, 5) is 27.6. The van der Waals surface area contributed by atoms with Gasteiger partial charge in [0.05, 0.1) is 20.6 Å². The van der Waals surface area contributed by atoms with Crippen LogP contribution < -0.4 is 9.62 Å². The van der Waals surface area contributed by atoms with Crippen molar-refractivity contribution in [3.63, 3.8) is 0 Å². The van der Waals surface area contributed by atoms with Crippen molar-refractivity contribution in [3.05, 3.63) is 92.4 Å². The van der Waals surface area contributed by atoms with Gasteiger partial charge in [0.1, 0.15) is 12.6 Å². The zero-order valence-electron chi connectivity index (χ0n) is 21.3. The van der Waals surface area contributed by atoms with E-state index in [1.165, 1.54) is 30.1 Å². The lowest BCUT2D eigenvalue weighted by Crippen LogP contribution is -2.50. The van der Waals surface area contributed by atoms with Crippen LogP contribution in [0.25, 0.3) is 0 Å². The molecule has 38 heavy (non-hydrogen) atoms. The molecular weight excluding hydrogens is 569 g/mol. The molecule has 0 aliphatic rings. The zero-order chi connectivity index (χ0) is 28.2. The normalized spacial score (nSPS) is 12.1. The van der Waals surface area contributed by atoms with E-state index in [9.17, 15) is 18.0 Å². The summed E-state index contributed by atoms with van der Waals surface area (Å²) in [7, 11) is -2.72. The Morgan fingerprint density at radius 1 is 0.895 bits per heavy atom. The zero-order valence-corrected chi connectivity index (χ0v) is 24.4. The Morgan fingerprint density at radius 3 is 2.13 bits per heavy atom. The van der Waals surface area contributed by atoms with Gasteiger partial charge >= 0.3 is 0 Å². The molecule has 1 unspecified atom stereocenters. The molecule has 0 bridgehead atoms. The van der Waals surface area contributed by atoms with Crippen LogP contribution >= 0.6 is 34.8 Å². The summed E-state index contributed by atoms with van der Waals surface area (Å²) in [5.74, 6) is -1.01. The minimum atomic E-state index is -4.18. The molecule has 3 aromatic carbocycles. The highest BCUT2D eigenvalue weighted by Gasteiger charge is 2.32. The first-order chi connectivity index (χ1) is 17.8. The first kappa shape index (κ1) is 29.8. The van der Waals surface area contributed by atoms with Crippen molar-refractivity contribution in [2.75, 3.05) is 17.9 Å². The van der Waals surface area contributed by atoms with Crippen molar-refractivity contribution in [1.82, 2.24) is 10.2 Å². The summed E-state index contributed by atoms with van der Waals surface area (Å²) in [6.45, 7) is 4.63. The molecule has 3 rings (SSSR count). The summed E-state index contributed by atoms with van der Waals surface area (Å²) in [5.41, 5.74) is 2.48. The van der Waals surface area contributed by atoms with Gasteiger partial charge in [0.25, 0.3) is 10.0 Å². The Balaban J connectivity index is 2.06. The number of sulfonamides is 1. The number of nitrogens with one attached hydrogen (secondary N) is 1. The maximum Gasteiger partial charge on any atom is 0.264 e. The number of benzene rings is 3. The molecule has 0 radical (unpaired) electrons. The third-order valence-corrected chi connectivity index (χ3v) is 9.02. The van der Waals surface area contributed by atoms with Crippen LogP contribution in [0.4, 0.5) is 5.69 Å². The summed E-state index contributed by atoms with van der Waals surface area (Å²) < 4.78 is 28.6. The van der Waals surface area contributed by atoms with Gasteiger partial charge in [0, 0.05) is 18.6 Å². The number of hydrogen-bond donors (Lipinski definition) is 1. The van der Waals surface area contributed by atoms with Gasteiger partial charge in [0.2, 0.25) is 11.8 Å². The average Bonchev–Trinajstić information content (AvgIpc) is 2.88. The van der Waals surface area contributed by atoms with E-state index >= 15 is 0 Å². The lowest BCUT2D eigenvalue weighted by atomic mass is 10.1. The first-order valence-corrected chi connectivity index (χ1v) is 14.2. The molecule has 0 aliphatic heterocycles. The van der Waals surface area contributed by atoms with Crippen LogP contribution in [0.5, 0.6) is 0 Å². The van der Waals surface area contributed by atoms with Crippen molar-refractivity contribution < 1.29 is 18.0 Å². The summed E-state index contributed by atoms with van der Waals surface area (Å²) in [6, 6.07) is 15.1. The standard InChI is InChI=1S/C27H28Cl3N3O4S/c1-17-5-10-22(11-6-17)38(36,37)33(21-9-7-18(2)24(29)14-21)16-26(34)32(19(3)27(35)31-4)15-20-8-12-23(28)25(30)13-20/h5-14,19H,15-16H2,1-4H3,(H,31,35). The van der Waals surface area contributed by atoms with Gasteiger partial charge < -0.3 is 10.2 Å². The van der Waals surface area contributed by atoms with Gasteiger partial charge in [-0.1, -0.05) is 64.6 Å². The highest BCUT2D eigenvalue weighted by molar-refractivity contribution is 7.92. The molecule has 0 saturated heterocycles. The Bertz CT molecular complexity index is 1450. The van der Waals surface area contributed by atoms with Crippen LogP contribution in [0.15, 0.2) is 65.6 Å². The Kier molecular flexibility index (Phi) is 9.70. The van der Waals surface area contributed by atoms with Gasteiger partial charge in [-0.15, -0.1) is 0 Å². The summed E-state index contributed by atoms with van der Waals surface area (Å²) in [6.07, 6.45) is 0. The molecule has 3 aromatic rings. The van der Waals surface area contributed by atoms with E-state index in [4.69, 9.17) is 34.8 Å². The quantitative estimate of drug-likeness (QED) is 0.347. The number of rotatable bonds is 9. The Morgan fingerprint density at radius 2 is 1.55 bits per heavy atom. The number of carbonyl (C=O) groups is 2. The smallest absolute Gasteiger partial charge is 0.264 e. The molecular formula is C27H28Cl3N3O4S. The van der Waals surface area contributed by atoms with Crippen molar-refractivity contribution in [2.45, 2.75) is 38.3 Å². The molecule has 0 saturated carbocycles. The Labute approximate surface area is 238 Å². The molecule has 0 aromatic heterocycles. The number of hydrogen-bond acceptors (Lipinski definition) is 4. The predicted octanol–water partition coefficient (Wildman–Crippen LogP) is 5.62. The van der Waals surface area contributed by atoms with E-state index in [-0.39, 0.29) is 17.1 Å². The predicted molar refractivity (Wildman–Crippen MR) is 152 cm³/mol. The number of aryl methyl sites for hydroxylation is 2. The summed E-state index contributed by atoms with van der Waals surface area (Å²) >= 11 is 18.5. The molecule has 0 fully saturated rings. The number of carbonyl (C=O) groups excluding carboxylic acids is 2. The van der Waals surface area contributed by atoms with E-state index in [0.717, 1.165) is 15.4 Å². The third kappa shape index (κ3) is 6.80. The number of amides is 2. The fourth-order valence-electron chi connectivity index (χ4n) is 3.73. The minimum Gasteiger partial charge on any atom is -0.357 e. The number of nitrogens with zero attached hydrogens (tertiary/aromatic N) is 2. The summed E-state index contributed by atoms with van der Waals surface area (Å²) in [5, 5.41) is 3.53. The van der Waals surface area contributed by atoms with Gasteiger partial charge in [-0.25, -0.2) is 8.42 Å². The molecule has 1 N–H and O–H groups in total. The second-order valence-electron chi connectivity index (χ2n) is 8.82. The highest BCUT2D eigenvalue weighted by Crippen LogP contribution is 2.29. The monoisotopic (exact) mass is 595 g/mol. The molecule has 0 aliphatic carbocycles. The van der Waals surface area contributed by atoms with E-state index in [1.54, 1.807) is 56.3 Å². The maximum absolute atomic E-state index is 13.8. The first-order valence-electron chi connectivity index (χ1n) is 11.7. The van der Waals surface area contributed by atoms with Gasteiger partial charge in [-0.3, -0.25) is 13.9 Å². The lowest BCUT2D eigenvalue weighted by molar-refractivity contribution is -0.139. The lowest BCUT2D eigenvalue weighted by Gasteiger charge is -2.32. The molecule has 0 heterocycles. The average molecular weight is 597 g/mol. The van der Waals surface area contributed by atoms with Crippen LogP contribution in [0.3, 0.4) is 0 Å². The van der Waals surface area contributed by atoms with Crippen LogP contribution in [0.1, 0.15) is 23.6 Å². The van der Waals surface area contributed by atoms with E-state index in [1.807, 2.05) is 6.92 Å². The van der Waals surface area contributed by atoms with Crippen LogP contribution in [-0.4, -0.2) is 44.8 Å². The Hall–Kier alpha value is -2.78. The fraction of sp³-hybridized carbons (Fsp3) is 0.259. The van der Waals surface area contributed by atoms with Crippen molar-refractivity contribution in [1.29, 1.82) is 0 Å². The van der Waals surface area contributed by atoms with E-state index in [2.05, 4.69) is 5.32 Å². The van der Waals surface area contributed by atoms with Crippen molar-refractivity contribution in [3.8, 4) is 0 Å². The molecule has 202 valence electrons. The number of likely N-dealkylation sites (N-methyl/N-ethyl adjacent to an activating group) is 1. The molecule has 1 atom stereocenters. The van der Waals surface area contributed by atoms with Crippen molar-refractivity contribution >= 4 is 62.3 Å². The SMILES string of the molecule is CNC(=O)C(C)N(Cc1ccc(Cl)c(Cl)c1)C(=O)CN(c1ccc(C)c(Cl)c1)S(=O)(=O)c1ccc(C)cc1. The number of anilines is 1. The molecule has 11 heteroatoms. The molecule has 2 amide bonds. The second-order valence-corrected chi connectivity index (χ2v) is 11.9. The van der Waals surface area contributed by atoms with E-state index in [0.29, 0.717) is 20.6 Å². The van der Waals surface area contributed by atoms with Crippen LogP contribution in [-0.2, 0) is 26.2 Å². The van der Waals surface area contributed by atoms with E-state index < -0.39 is 34.4 Å². The molecule has 0 spiro atoms. The second kappa shape index (κ2) is 12.4. The van der Waals surface area contributed by atoms with Crippen LogP contribution in [0.2, 0.25) is 15.1 Å². The molecule has 7 nitrogen and oxygen atoms in total. The maximum atomic E-state index is 13.8. The van der Waals surface area contributed by atoms with Gasteiger partial charge in [0.15, 0.2) is 0 Å². The topological polar surface area (TPSA) is 86.8 Å². The largest absolute Gasteiger partial charge is 0.357 e. The van der Waals surface area contributed by atoms with Gasteiger partial charge in [-0.05, 0) is 68.3 Å². The van der Waals surface area contributed by atoms with Crippen LogP contribution in [0, 0.1) is 13.8 Å². The third-order valence-electron chi connectivity index (χ3n) is 6.08.